The Morgan fingerprint density at radius 1 is 1.31 bits per heavy atom. The van der Waals surface area contributed by atoms with Gasteiger partial charge in [0.15, 0.2) is 0 Å². The standard InChI is InChI=1S/C21H34N2O6/c1-4-28-20(27)15-14-9-10-21(29-14)16(15)19(26)23(11-7-5-6-8-12-24)17(21)18(25)22-13(2)3/h13-17,24H,4-12H2,1-3H3,(H,22,25)/t14-,15+,16-,17?,21?/m0/s1. The van der Waals surface area contributed by atoms with E-state index in [0.717, 1.165) is 25.7 Å². The summed E-state index contributed by atoms with van der Waals surface area (Å²) in [6.45, 7) is 6.37. The maximum absolute atomic E-state index is 13.4. The summed E-state index contributed by atoms with van der Waals surface area (Å²) in [7, 11) is 0. The maximum Gasteiger partial charge on any atom is 0.312 e. The molecule has 0 aromatic carbocycles. The van der Waals surface area contributed by atoms with Crippen molar-refractivity contribution in [3.8, 4) is 0 Å². The SMILES string of the molecule is CCOC(=O)[C@@H]1[C@@H]2CCC3(O2)C(C(=O)NC(C)C)N(CCCCCCO)C(=O)[C@H]13. The van der Waals surface area contributed by atoms with Crippen LogP contribution in [0.3, 0.4) is 0 Å². The Balaban J connectivity index is 1.85. The highest BCUT2D eigenvalue weighted by Crippen LogP contribution is 2.58. The highest BCUT2D eigenvalue weighted by atomic mass is 16.6. The van der Waals surface area contributed by atoms with Crippen molar-refractivity contribution in [2.75, 3.05) is 19.8 Å². The van der Waals surface area contributed by atoms with E-state index in [1.165, 1.54) is 0 Å². The van der Waals surface area contributed by atoms with Crippen molar-refractivity contribution in [2.24, 2.45) is 11.8 Å². The highest BCUT2D eigenvalue weighted by molar-refractivity contribution is 5.98. The van der Waals surface area contributed by atoms with Gasteiger partial charge in [0.25, 0.3) is 0 Å². The van der Waals surface area contributed by atoms with Crippen molar-refractivity contribution in [1.29, 1.82) is 0 Å². The molecule has 0 saturated carbocycles. The van der Waals surface area contributed by atoms with Gasteiger partial charge in [-0.1, -0.05) is 12.8 Å². The molecule has 2 amide bonds. The normalized spacial score (nSPS) is 32.7. The third-order valence-electron chi connectivity index (χ3n) is 6.35. The number of unbranched alkanes of at least 4 members (excludes halogenated alkanes) is 3. The third-order valence-corrected chi connectivity index (χ3v) is 6.35. The number of likely N-dealkylation sites (tertiary alicyclic amines) is 1. The maximum atomic E-state index is 13.4. The Morgan fingerprint density at radius 3 is 2.69 bits per heavy atom. The summed E-state index contributed by atoms with van der Waals surface area (Å²) in [5.41, 5.74) is -0.941. The summed E-state index contributed by atoms with van der Waals surface area (Å²) >= 11 is 0. The van der Waals surface area contributed by atoms with E-state index in [9.17, 15) is 14.4 Å². The lowest BCUT2D eigenvalue weighted by Gasteiger charge is -2.33. The molecule has 3 fully saturated rings. The van der Waals surface area contributed by atoms with Gasteiger partial charge < -0.3 is 24.8 Å². The number of carbonyl (C=O) groups excluding carboxylic acids is 3. The van der Waals surface area contributed by atoms with Crippen LogP contribution in [0.15, 0.2) is 0 Å². The third kappa shape index (κ3) is 3.89. The van der Waals surface area contributed by atoms with Crippen LogP contribution in [0.4, 0.5) is 0 Å². The molecule has 0 aromatic rings. The van der Waals surface area contributed by atoms with Gasteiger partial charge in [-0.3, -0.25) is 14.4 Å². The van der Waals surface area contributed by atoms with E-state index in [2.05, 4.69) is 5.32 Å². The number of esters is 1. The molecule has 8 heteroatoms. The molecule has 164 valence electrons. The predicted octanol–water partition coefficient (Wildman–Crippen LogP) is 1.00. The number of fused-ring (bicyclic) bond motifs is 1. The van der Waals surface area contributed by atoms with Gasteiger partial charge in [-0.05, 0) is 46.5 Å². The summed E-state index contributed by atoms with van der Waals surface area (Å²) < 4.78 is 11.5. The zero-order chi connectivity index (χ0) is 21.2. The van der Waals surface area contributed by atoms with Crippen LogP contribution in [0.25, 0.3) is 0 Å². The summed E-state index contributed by atoms with van der Waals surface area (Å²) in [6, 6.07) is -0.774. The number of nitrogens with zero attached hydrogens (tertiary/aromatic N) is 1. The summed E-state index contributed by atoms with van der Waals surface area (Å²) in [4.78, 5) is 40.8. The van der Waals surface area contributed by atoms with E-state index in [1.807, 2.05) is 13.8 Å². The van der Waals surface area contributed by atoms with Crippen LogP contribution in [0.5, 0.6) is 0 Å². The minimum absolute atomic E-state index is 0.0566. The molecule has 5 atom stereocenters. The molecule has 3 aliphatic heterocycles. The largest absolute Gasteiger partial charge is 0.466 e. The molecule has 2 N–H and O–H groups in total. The molecule has 0 aromatic heterocycles. The molecule has 8 nitrogen and oxygen atoms in total. The summed E-state index contributed by atoms with van der Waals surface area (Å²) in [6.07, 6.45) is 4.11. The number of aliphatic hydroxyl groups is 1. The Bertz CT molecular complexity index is 639. The molecule has 1 spiro atoms. The van der Waals surface area contributed by atoms with Crippen LogP contribution in [0.2, 0.25) is 0 Å². The molecule has 3 rings (SSSR count). The van der Waals surface area contributed by atoms with E-state index in [-0.39, 0.29) is 37.2 Å². The van der Waals surface area contributed by atoms with E-state index >= 15 is 0 Å². The fourth-order valence-corrected chi connectivity index (χ4v) is 5.31. The number of rotatable bonds is 10. The first kappa shape index (κ1) is 22.0. The van der Waals surface area contributed by atoms with Crippen LogP contribution < -0.4 is 5.32 Å². The van der Waals surface area contributed by atoms with Gasteiger partial charge >= 0.3 is 5.97 Å². The zero-order valence-corrected chi connectivity index (χ0v) is 17.7. The second-order valence-corrected chi connectivity index (χ2v) is 8.64. The number of amides is 2. The average molecular weight is 411 g/mol. The topological polar surface area (TPSA) is 105 Å². The lowest BCUT2D eigenvalue weighted by molar-refractivity contribution is -0.154. The molecular formula is C21H34N2O6. The van der Waals surface area contributed by atoms with E-state index in [0.29, 0.717) is 19.4 Å². The molecule has 0 aliphatic carbocycles. The Labute approximate surface area is 172 Å². The zero-order valence-electron chi connectivity index (χ0n) is 17.7. The smallest absolute Gasteiger partial charge is 0.312 e. The quantitative estimate of drug-likeness (QED) is 0.411. The minimum atomic E-state index is -0.941. The molecule has 2 unspecified atom stereocenters. The number of carbonyl (C=O) groups is 3. The summed E-state index contributed by atoms with van der Waals surface area (Å²) in [5, 5.41) is 11.9. The number of hydrogen-bond acceptors (Lipinski definition) is 6. The second kappa shape index (κ2) is 9.00. The van der Waals surface area contributed by atoms with E-state index in [4.69, 9.17) is 14.6 Å². The van der Waals surface area contributed by atoms with Crippen LogP contribution >= 0.6 is 0 Å². The Kier molecular flexibility index (Phi) is 6.83. The lowest BCUT2D eigenvalue weighted by atomic mass is 9.70. The fourth-order valence-electron chi connectivity index (χ4n) is 5.31. The molecule has 3 saturated heterocycles. The highest BCUT2D eigenvalue weighted by Gasteiger charge is 2.74. The molecular weight excluding hydrogens is 376 g/mol. The van der Waals surface area contributed by atoms with Crippen molar-refractivity contribution in [3.63, 3.8) is 0 Å². The first-order valence-electron chi connectivity index (χ1n) is 10.9. The van der Waals surface area contributed by atoms with Gasteiger partial charge in [-0.2, -0.15) is 0 Å². The average Bonchev–Trinajstić information content (AvgIpc) is 3.29. The Morgan fingerprint density at radius 2 is 2.03 bits per heavy atom. The van der Waals surface area contributed by atoms with Gasteiger partial charge in [0.2, 0.25) is 11.8 Å². The van der Waals surface area contributed by atoms with E-state index in [1.54, 1.807) is 11.8 Å². The van der Waals surface area contributed by atoms with Crippen LogP contribution in [-0.2, 0) is 23.9 Å². The first-order valence-corrected chi connectivity index (χ1v) is 10.9. The second-order valence-electron chi connectivity index (χ2n) is 8.64. The number of aliphatic hydroxyl groups excluding tert-OH is 1. The molecule has 3 heterocycles. The van der Waals surface area contributed by atoms with Gasteiger partial charge in [-0.25, -0.2) is 0 Å². The van der Waals surface area contributed by atoms with Gasteiger partial charge in [0, 0.05) is 19.2 Å². The monoisotopic (exact) mass is 410 g/mol. The van der Waals surface area contributed by atoms with Gasteiger partial charge in [-0.15, -0.1) is 0 Å². The van der Waals surface area contributed by atoms with Crippen molar-refractivity contribution in [1.82, 2.24) is 10.2 Å². The molecule has 29 heavy (non-hydrogen) atoms. The van der Waals surface area contributed by atoms with Crippen LogP contribution in [0, 0.1) is 11.8 Å². The van der Waals surface area contributed by atoms with Crippen LogP contribution in [-0.4, -0.2) is 71.3 Å². The molecule has 0 radical (unpaired) electrons. The Hall–Kier alpha value is -1.67. The predicted molar refractivity (Wildman–Crippen MR) is 105 cm³/mol. The lowest BCUT2D eigenvalue weighted by Crippen LogP contribution is -2.56. The van der Waals surface area contributed by atoms with Crippen LogP contribution in [0.1, 0.15) is 59.3 Å². The van der Waals surface area contributed by atoms with Crippen molar-refractivity contribution in [3.05, 3.63) is 0 Å². The van der Waals surface area contributed by atoms with Gasteiger partial charge in [0.1, 0.15) is 11.6 Å². The summed E-state index contributed by atoms with van der Waals surface area (Å²) in [5.74, 6) is -2.07. The molecule has 2 bridgehead atoms. The first-order chi connectivity index (χ1) is 13.9. The number of nitrogens with one attached hydrogen (secondary N) is 1. The fraction of sp³-hybridized carbons (Fsp3) is 0.857. The van der Waals surface area contributed by atoms with Gasteiger partial charge in [0.05, 0.1) is 24.5 Å². The minimum Gasteiger partial charge on any atom is -0.466 e. The van der Waals surface area contributed by atoms with E-state index < -0.39 is 29.4 Å². The van der Waals surface area contributed by atoms with Crippen molar-refractivity contribution < 1.29 is 29.0 Å². The van der Waals surface area contributed by atoms with Crippen molar-refractivity contribution >= 4 is 17.8 Å². The number of hydrogen-bond donors (Lipinski definition) is 2. The molecule has 3 aliphatic rings. The number of ether oxygens (including phenoxy) is 2. The van der Waals surface area contributed by atoms with Crippen molar-refractivity contribution in [2.45, 2.75) is 83.1 Å².